The Bertz CT molecular complexity index is 938. The number of carbonyl (C=O) groups excluding carboxylic acids is 1. The number of hydrogen-bond donors (Lipinski definition) is 1. The second-order valence-corrected chi connectivity index (χ2v) is 5.63. The number of ether oxygens (including phenoxy) is 3. The Hall–Kier alpha value is -2.92. The molecule has 0 radical (unpaired) electrons. The number of hydrogen-bond acceptors (Lipinski definition) is 5. The molecule has 25 heavy (non-hydrogen) atoms. The summed E-state index contributed by atoms with van der Waals surface area (Å²) in [5.41, 5.74) is 0.388. The fraction of sp³-hybridized carbons (Fsp3) is 0.105. The first-order valence-corrected chi connectivity index (χ1v) is 7.78. The molecule has 0 aliphatic carbocycles. The summed E-state index contributed by atoms with van der Waals surface area (Å²) in [5, 5.41) is 11.7. The summed E-state index contributed by atoms with van der Waals surface area (Å²) in [6.07, 6.45) is 0. The molecule has 0 spiro atoms. The molecule has 3 rings (SSSR count). The molecule has 128 valence electrons. The zero-order valence-electron chi connectivity index (χ0n) is 13.6. The number of phenolic OH excluding ortho intramolecular Hbond substituents is 1. The van der Waals surface area contributed by atoms with E-state index in [-0.39, 0.29) is 23.0 Å². The van der Waals surface area contributed by atoms with E-state index in [2.05, 4.69) is 0 Å². The highest BCUT2D eigenvalue weighted by Crippen LogP contribution is 2.51. The summed E-state index contributed by atoms with van der Waals surface area (Å²) >= 11 is 6.02. The van der Waals surface area contributed by atoms with Gasteiger partial charge in [-0.2, -0.15) is 0 Å². The van der Waals surface area contributed by atoms with E-state index in [1.807, 2.05) is 0 Å². The van der Waals surface area contributed by atoms with Gasteiger partial charge in [-0.25, -0.2) is 4.79 Å². The van der Waals surface area contributed by atoms with Crippen molar-refractivity contribution in [3.63, 3.8) is 0 Å². The number of halogens is 1. The van der Waals surface area contributed by atoms with E-state index in [4.69, 9.17) is 25.8 Å². The molecule has 1 N–H and O–H groups in total. The van der Waals surface area contributed by atoms with Gasteiger partial charge in [-0.15, -0.1) is 0 Å². The third-order valence-electron chi connectivity index (χ3n) is 3.72. The molecule has 6 heteroatoms. The van der Waals surface area contributed by atoms with Crippen molar-refractivity contribution < 1.29 is 24.1 Å². The zero-order valence-corrected chi connectivity index (χ0v) is 14.3. The number of aromatic hydroxyl groups is 1. The summed E-state index contributed by atoms with van der Waals surface area (Å²) in [7, 11) is 2.79. The summed E-state index contributed by atoms with van der Waals surface area (Å²) in [6.45, 7) is 0. The third-order valence-corrected chi connectivity index (χ3v) is 3.96. The lowest BCUT2D eigenvalue weighted by atomic mass is 10.1. The Balaban J connectivity index is 2.22. The first-order valence-electron chi connectivity index (χ1n) is 7.40. The summed E-state index contributed by atoms with van der Waals surface area (Å²) < 4.78 is 16.1. The predicted octanol–water partition coefficient (Wildman–Crippen LogP) is 4.44. The van der Waals surface area contributed by atoms with Crippen LogP contribution in [0.15, 0.2) is 48.5 Å². The monoisotopic (exact) mass is 358 g/mol. The van der Waals surface area contributed by atoms with Gasteiger partial charge in [-0.1, -0.05) is 29.8 Å². The average molecular weight is 359 g/mol. The molecule has 0 atom stereocenters. The zero-order chi connectivity index (χ0) is 18.0. The molecule has 5 nitrogen and oxygen atoms in total. The van der Waals surface area contributed by atoms with Crippen LogP contribution in [-0.2, 0) is 0 Å². The molecule has 3 aromatic carbocycles. The SMILES string of the molecule is COc1c(OC)c(OC(=O)c2ccccc2)c2ccc(Cl)cc2c1O. The molecule has 0 amide bonds. The third kappa shape index (κ3) is 3.06. The van der Waals surface area contributed by atoms with Crippen LogP contribution < -0.4 is 14.2 Å². The summed E-state index contributed by atoms with van der Waals surface area (Å²) in [6, 6.07) is 13.4. The first kappa shape index (κ1) is 16.9. The summed E-state index contributed by atoms with van der Waals surface area (Å²) in [4.78, 5) is 12.5. The van der Waals surface area contributed by atoms with Crippen molar-refractivity contribution in [2.75, 3.05) is 14.2 Å². The minimum atomic E-state index is -0.553. The van der Waals surface area contributed by atoms with Crippen molar-refractivity contribution in [3.05, 3.63) is 59.1 Å². The molecule has 0 aliphatic rings. The van der Waals surface area contributed by atoms with Crippen LogP contribution in [0.2, 0.25) is 5.02 Å². The molecule has 0 bridgehead atoms. The van der Waals surface area contributed by atoms with Crippen LogP contribution in [0.25, 0.3) is 10.8 Å². The van der Waals surface area contributed by atoms with Crippen LogP contribution in [0.5, 0.6) is 23.0 Å². The van der Waals surface area contributed by atoms with Crippen LogP contribution in [0.4, 0.5) is 0 Å². The number of methoxy groups -OCH3 is 2. The largest absolute Gasteiger partial charge is 0.504 e. The first-order chi connectivity index (χ1) is 12.1. The standard InChI is InChI=1S/C19H15ClO5/c1-23-17-15(21)14-10-12(20)8-9-13(14)16(18(17)24-2)25-19(22)11-6-4-3-5-7-11/h3-10,21H,1-2H3. The van der Waals surface area contributed by atoms with E-state index >= 15 is 0 Å². The number of carbonyl (C=O) groups is 1. The van der Waals surface area contributed by atoms with Crippen molar-refractivity contribution in [2.45, 2.75) is 0 Å². The molecule has 0 saturated carbocycles. The maximum absolute atomic E-state index is 12.5. The molecule has 0 heterocycles. The van der Waals surface area contributed by atoms with E-state index in [0.29, 0.717) is 21.4 Å². The fourth-order valence-corrected chi connectivity index (χ4v) is 2.74. The Morgan fingerprint density at radius 3 is 2.24 bits per heavy atom. The number of fused-ring (bicyclic) bond motifs is 1. The number of esters is 1. The minimum absolute atomic E-state index is 0.0631. The second-order valence-electron chi connectivity index (χ2n) is 5.19. The Labute approximate surface area is 149 Å². The highest BCUT2D eigenvalue weighted by atomic mass is 35.5. The van der Waals surface area contributed by atoms with Crippen molar-refractivity contribution in [1.29, 1.82) is 0 Å². The predicted molar refractivity (Wildman–Crippen MR) is 95.1 cm³/mol. The molecule has 0 saturated heterocycles. The van der Waals surface area contributed by atoms with Gasteiger partial charge in [0.15, 0.2) is 11.5 Å². The van der Waals surface area contributed by atoms with Gasteiger partial charge in [-0.3, -0.25) is 0 Å². The summed E-state index contributed by atoms with van der Waals surface area (Å²) in [5.74, 6) is -0.357. The van der Waals surface area contributed by atoms with Crippen LogP contribution >= 0.6 is 11.6 Å². The van der Waals surface area contributed by atoms with Crippen molar-refractivity contribution in [3.8, 4) is 23.0 Å². The maximum Gasteiger partial charge on any atom is 0.343 e. The smallest absolute Gasteiger partial charge is 0.343 e. The lowest BCUT2D eigenvalue weighted by Gasteiger charge is -2.17. The van der Waals surface area contributed by atoms with Gasteiger partial charge < -0.3 is 19.3 Å². The Morgan fingerprint density at radius 2 is 1.60 bits per heavy atom. The van der Waals surface area contributed by atoms with Crippen molar-refractivity contribution in [2.24, 2.45) is 0 Å². The van der Waals surface area contributed by atoms with Crippen molar-refractivity contribution >= 4 is 28.3 Å². The Morgan fingerprint density at radius 1 is 0.920 bits per heavy atom. The number of phenols is 1. The quantitative estimate of drug-likeness (QED) is 0.552. The fourth-order valence-electron chi connectivity index (χ4n) is 2.57. The van der Waals surface area contributed by atoms with E-state index in [1.54, 1.807) is 48.5 Å². The van der Waals surface area contributed by atoms with Crippen LogP contribution in [0.1, 0.15) is 10.4 Å². The van der Waals surface area contributed by atoms with Gasteiger partial charge in [0.1, 0.15) is 0 Å². The van der Waals surface area contributed by atoms with Gasteiger partial charge in [0, 0.05) is 15.8 Å². The van der Waals surface area contributed by atoms with Gasteiger partial charge in [-0.05, 0) is 30.3 Å². The maximum atomic E-state index is 12.5. The van der Waals surface area contributed by atoms with Crippen LogP contribution in [-0.4, -0.2) is 25.3 Å². The number of rotatable bonds is 4. The van der Waals surface area contributed by atoms with E-state index in [0.717, 1.165) is 0 Å². The van der Waals surface area contributed by atoms with Gasteiger partial charge >= 0.3 is 5.97 Å². The van der Waals surface area contributed by atoms with Gasteiger partial charge in [0.25, 0.3) is 0 Å². The highest BCUT2D eigenvalue weighted by Gasteiger charge is 2.24. The number of benzene rings is 3. The van der Waals surface area contributed by atoms with E-state index in [9.17, 15) is 9.90 Å². The average Bonchev–Trinajstić information content (AvgIpc) is 2.64. The lowest BCUT2D eigenvalue weighted by Crippen LogP contribution is -2.10. The topological polar surface area (TPSA) is 65.0 Å². The molecular formula is C19H15ClO5. The normalized spacial score (nSPS) is 10.5. The van der Waals surface area contributed by atoms with Crippen LogP contribution in [0.3, 0.4) is 0 Å². The van der Waals surface area contributed by atoms with E-state index in [1.165, 1.54) is 14.2 Å². The highest BCUT2D eigenvalue weighted by molar-refractivity contribution is 6.31. The van der Waals surface area contributed by atoms with Gasteiger partial charge in [0.05, 0.1) is 19.8 Å². The molecule has 0 fully saturated rings. The van der Waals surface area contributed by atoms with Crippen LogP contribution in [0, 0.1) is 0 Å². The molecule has 0 unspecified atom stereocenters. The van der Waals surface area contributed by atoms with Crippen molar-refractivity contribution in [1.82, 2.24) is 0 Å². The molecule has 0 aromatic heterocycles. The molecule has 0 aliphatic heterocycles. The second kappa shape index (κ2) is 6.91. The Kier molecular flexibility index (Phi) is 4.67. The lowest BCUT2D eigenvalue weighted by molar-refractivity contribution is 0.0731. The molecule has 3 aromatic rings. The molecular weight excluding hydrogens is 344 g/mol. The van der Waals surface area contributed by atoms with E-state index < -0.39 is 5.97 Å². The minimum Gasteiger partial charge on any atom is -0.504 e. The van der Waals surface area contributed by atoms with Gasteiger partial charge in [0.2, 0.25) is 11.5 Å².